The highest BCUT2D eigenvalue weighted by molar-refractivity contribution is 5.95. The summed E-state index contributed by atoms with van der Waals surface area (Å²) in [4.78, 5) is 14.3. The molecule has 19 heavy (non-hydrogen) atoms. The number of carbonyl (C=O) groups is 1. The fraction of sp³-hybridized carbons (Fsp3) is 0.533. The fourth-order valence-electron chi connectivity index (χ4n) is 3.42. The van der Waals surface area contributed by atoms with Crippen LogP contribution >= 0.6 is 0 Å². The first-order valence-electron chi connectivity index (χ1n) is 6.83. The number of aliphatic hydroxyl groups is 1. The van der Waals surface area contributed by atoms with Gasteiger partial charge in [0.25, 0.3) is 5.91 Å². The number of aryl methyl sites for hydroxylation is 1. The maximum absolute atomic E-state index is 13.8. The van der Waals surface area contributed by atoms with E-state index in [2.05, 4.69) is 0 Å². The summed E-state index contributed by atoms with van der Waals surface area (Å²) in [5, 5.41) is 9.75. The number of rotatable bonds is 1. The maximum atomic E-state index is 13.8. The molecule has 0 aromatic heterocycles. The van der Waals surface area contributed by atoms with Gasteiger partial charge in [0.2, 0.25) is 0 Å². The van der Waals surface area contributed by atoms with Gasteiger partial charge in [0.05, 0.1) is 11.7 Å². The van der Waals surface area contributed by atoms with Gasteiger partial charge in [-0.2, -0.15) is 0 Å². The Morgan fingerprint density at radius 1 is 1.32 bits per heavy atom. The molecule has 2 atom stereocenters. The number of carbonyl (C=O) groups excluding carboxylic acids is 1. The molecule has 102 valence electrons. The third-order valence-electron chi connectivity index (χ3n) is 4.29. The average molecular weight is 263 g/mol. The molecule has 0 aliphatic carbocycles. The van der Waals surface area contributed by atoms with Crippen molar-refractivity contribution in [2.45, 2.75) is 50.8 Å². The number of halogens is 1. The van der Waals surface area contributed by atoms with E-state index in [-0.39, 0.29) is 29.7 Å². The lowest BCUT2D eigenvalue weighted by atomic mass is 9.98. The van der Waals surface area contributed by atoms with Crippen LogP contribution in [0.15, 0.2) is 18.2 Å². The van der Waals surface area contributed by atoms with Crippen LogP contribution in [0.1, 0.15) is 41.6 Å². The molecule has 2 aliphatic heterocycles. The van der Waals surface area contributed by atoms with Crippen LogP contribution in [0.4, 0.5) is 4.39 Å². The van der Waals surface area contributed by atoms with Gasteiger partial charge in [-0.15, -0.1) is 0 Å². The van der Waals surface area contributed by atoms with Crippen LogP contribution < -0.4 is 0 Å². The number of amides is 1. The first-order valence-corrected chi connectivity index (χ1v) is 6.83. The predicted molar refractivity (Wildman–Crippen MR) is 69.4 cm³/mol. The average Bonchev–Trinajstić information content (AvgIpc) is 2.64. The van der Waals surface area contributed by atoms with Crippen molar-refractivity contribution < 1.29 is 14.3 Å². The second kappa shape index (κ2) is 4.60. The minimum absolute atomic E-state index is 0.0705. The molecule has 2 heterocycles. The largest absolute Gasteiger partial charge is 0.393 e. The van der Waals surface area contributed by atoms with Crippen molar-refractivity contribution >= 4 is 5.91 Å². The van der Waals surface area contributed by atoms with Gasteiger partial charge in [0, 0.05) is 12.1 Å². The number of benzene rings is 1. The summed E-state index contributed by atoms with van der Waals surface area (Å²) in [6, 6.07) is 4.77. The lowest BCUT2D eigenvalue weighted by molar-refractivity contribution is 0.0283. The summed E-state index contributed by atoms with van der Waals surface area (Å²) in [7, 11) is 0. The molecule has 1 aromatic rings. The standard InChI is InChI=1S/C15H18FNO2/c1-9-2-5-14(16)13(6-9)15(19)17-10-3-4-11(17)8-12(18)7-10/h2,5-6,10-12,18H,3-4,7-8H2,1H3. The zero-order valence-corrected chi connectivity index (χ0v) is 11.0. The number of piperidine rings is 1. The molecule has 0 spiro atoms. The number of hydrogen-bond acceptors (Lipinski definition) is 2. The fourth-order valence-corrected chi connectivity index (χ4v) is 3.42. The van der Waals surface area contributed by atoms with E-state index in [1.54, 1.807) is 17.0 Å². The van der Waals surface area contributed by atoms with E-state index in [1.165, 1.54) is 6.07 Å². The van der Waals surface area contributed by atoms with E-state index in [4.69, 9.17) is 0 Å². The Morgan fingerprint density at radius 2 is 1.95 bits per heavy atom. The predicted octanol–water partition coefficient (Wildman–Crippen LogP) is 2.26. The molecule has 2 unspecified atom stereocenters. The van der Waals surface area contributed by atoms with E-state index < -0.39 is 5.82 Å². The normalized spacial score (nSPS) is 29.6. The van der Waals surface area contributed by atoms with Gasteiger partial charge in [0.15, 0.2) is 0 Å². The topological polar surface area (TPSA) is 40.5 Å². The van der Waals surface area contributed by atoms with Gasteiger partial charge in [-0.1, -0.05) is 11.6 Å². The molecule has 0 radical (unpaired) electrons. The molecule has 3 rings (SSSR count). The summed E-state index contributed by atoms with van der Waals surface area (Å²) in [5.41, 5.74) is 1.04. The van der Waals surface area contributed by atoms with Gasteiger partial charge < -0.3 is 10.0 Å². The highest BCUT2D eigenvalue weighted by Gasteiger charge is 2.43. The third kappa shape index (κ3) is 2.14. The van der Waals surface area contributed by atoms with Crippen molar-refractivity contribution in [2.75, 3.05) is 0 Å². The minimum Gasteiger partial charge on any atom is -0.393 e. The van der Waals surface area contributed by atoms with Gasteiger partial charge in [-0.3, -0.25) is 4.79 Å². The van der Waals surface area contributed by atoms with Crippen LogP contribution in [-0.2, 0) is 0 Å². The molecule has 0 saturated carbocycles. The van der Waals surface area contributed by atoms with Gasteiger partial charge in [0.1, 0.15) is 5.82 Å². The lowest BCUT2D eigenvalue weighted by Crippen LogP contribution is -2.48. The summed E-state index contributed by atoms with van der Waals surface area (Å²) in [5.74, 6) is -0.679. The number of fused-ring (bicyclic) bond motifs is 2. The van der Waals surface area contributed by atoms with Crippen molar-refractivity contribution in [3.63, 3.8) is 0 Å². The van der Waals surface area contributed by atoms with E-state index in [0.717, 1.165) is 18.4 Å². The summed E-state index contributed by atoms with van der Waals surface area (Å²) in [6.45, 7) is 1.85. The second-order valence-electron chi connectivity index (χ2n) is 5.71. The van der Waals surface area contributed by atoms with E-state index in [0.29, 0.717) is 12.8 Å². The Kier molecular flexibility index (Phi) is 3.05. The van der Waals surface area contributed by atoms with Crippen LogP contribution in [0.2, 0.25) is 0 Å². The molecule has 4 heteroatoms. The van der Waals surface area contributed by atoms with Crippen LogP contribution in [-0.4, -0.2) is 34.1 Å². The van der Waals surface area contributed by atoms with Crippen molar-refractivity contribution in [3.05, 3.63) is 35.1 Å². The molecule has 2 fully saturated rings. The van der Waals surface area contributed by atoms with E-state index in [9.17, 15) is 14.3 Å². The Hall–Kier alpha value is -1.42. The van der Waals surface area contributed by atoms with E-state index in [1.807, 2.05) is 6.92 Å². The number of aliphatic hydroxyl groups excluding tert-OH is 1. The molecular weight excluding hydrogens is 245 g/mol. The van der Waals surface area contributed by atoms with Gasteiger partial charge in [-0.25, -0.2) is 4.39 Å². The third-order valence-corrected chi connectivity index (χ3v) is 4.29. The van der Waals surface area contributed by atoms with Crippen molar-refractivity contribution in [2.24, 2.45) is 0 Å². The zero-order valence-electron chi connectivity index (χ0n) is 11.0. The Balaban J connectivity index is 1.90. The number of nitrogens with zero attached hydrogens (tertiary/aromatic N) is 1. The van der Waals surface area contributed by atoms with Crippen molar-refractivity contribution in [1.82, 2.24) is 4.90 Å². The van der Waals surface area contributed by atoms with Crippen LogP contribution in [0.25, 0.3) is 0 Å². The molecular formula is C15H18FNO2. The maximum Gasteiger partial charge on any atom is 0.257 e. The molecule has 3 nitrogen and oxygen atoms in total. The SMILES string of the molecule is Cc1ccc(F)c(C(=O)N2C3CCC2CC(O)C3)c1. The first-order chi connectivity index (χ1) is 9.06. The second-order valence-corrected chi connectivity index (χ2v) is 5.71. The Bertz CT molecular complexity index is 503. The minimum atomic E-state index is -0.457. The van der Waals surface area contributed by atoms with Crippen LogP contribution in [0, 0.1) is 12.7 Å². The molecule has 2 saturated heterocycles. The van der Waals surface area contributed by atoms with Gasteiger partial charge in [-0.05, 0) is 44.7 Å². The highest BCUT2D eigenvalue weighted by atomic mass is 19.1. The summed E-state index contributed by atoms with van der Waals surface area (Å²) < 4.78 is 13.8. The van der Waals surface area contributed by atoms with Crippen molar-refractivity contribution in [1.29, 1.82) is 0 Å². The lowest BCUT2D eigenvalue weighted by Gasteiger charge is -2.37. The number of hydrogen-bond donors (Lipinski definition) is 1. The quantitative estimate of drug-likeness (QED) is 0.844. The molecule has 1 aromatic carbocycles. The highest BCUT2D eigenvalue weighted by Crippen LogP contribution is 2.37. The zero-order chi connectivity index (χ0) is 13.6. The van der Waals surface area contributed by atoms with Crippen LogP contribution in [0.5, 0.6) is 0 Å². The summed E-state index contributed by atoms with van der Waals surface area (Å²) in [6.07, 6.45) is 2.76. The summed E-state index contributed by atoms with van der Waals surface area (Å²) >= 11 is 0. The van der Waals surface area contributed by atoms with Crippen LogP contribution in [0.3, 0.4) is 0 Å². The molecule has 2 bridgehead atoms. The van der Waals surface area contributed by atoms with Gasteiger partial charge >= 0.3 is 0 Å². The van der Waals surface area contributed by atoms with E-state index >= 15 is 0 Å². The molecule has 2 aliphatic rings. The molecule has 1 N–H and O–H groups in total. The Morgan fingerprint density at radius 3 is 2.58 bits per heavy atom. The van der Waals surface area contributed by atoms with Crippen molar-refractivity contribution in [3.8, 4) is 0 Å². The Labute approximate surface area is 112 Å². The molecule has 1 amide bonds. The smallest absolute Gasteiger partial charge is 0.257 e. The first kappa shape index (κ1) is 12.6. The monoisotopic (exact) mass is 263 g/mol.